The van der Waals surface area contributed by atoms with Gasteiger partial charge in [0, 0.05) is 18.8 Å². The molecule has 0 amide bonds. The van der Waals surface area contributed by atoms with E-state index in [1.54, 1.807) is 19.2 Å². The van der Waals surface area contributed by atoms with Gasteiger partial charge in [0.1, 0.15) is 5.75 Å². The van der Waals surface area contributed by atoms with Gasteiger partial charge in [0.05, 0.1) is 4.90 Å². The second-order valence-corrected chi connectivity index (χ2v) is 5.63. The molecule has 4 nitrogen and oxygen atoms in total. The van der Waals surface area contributed by atoms with Gasteiger partial charge < -0.3 is 5.11 Å². The Kier molecular flexibility index (Phi) is 2.63. The summed E-state index contributed by atoms with van der Waals surface area (Å²) >= 11 is 0. The van der Waals surface area contributed by atoms with Crippen LogP contribution in [0, 0.1) is 6.92 Å². The summed E-state index contributed by atoms with van der Waals surface area (Å²) < 4.78 is 25.4. The van der Waals surface area contributed by atoms with Gasteiger partial charge in [-0.1, -0.05) is 12.1 Å². The minimum absolute atomic E-state index is 0.00394. The Morgan fingerprint density at radius 3 is 2.69 bits per heavy atom. The molecule has 0 saturated heterocycles. The van der Waals surface area contributed by atoms with Crippen LogP contribution < -0.4 is 0 Å². The lowest BCUT2D eigenvalue weighted by Gasteiger charge is -2.16. The summed E-state index contributed by atoms with van der Waals surface area (Å²) in [6, 6.07) is 4.40. The normalized spacial score (nSPS) is 15.7. The molecule has 5 heteroatoms. The fraction of sp³-hybridized carbons (Fsp3) is 0.273. The highest BCUT2D eigenvalue weighted by atomic mass is 32.2. The maximum absolute atomic E-state index is 12.1. The van der Waals surface area contributed by atoms with Crippen molar-refractivity contribution in [3.05, 3.63) is 36.0 Å². The first-order valence-electron chi connectivity index (χ1n) is 5.00. The van der Waals surface area contributed by atoms with Gasteiger partial charge in [0.2, 0.25) is 0 Å². The van der Waals surface area contributed by atoms with Gasteiger partial charge in [-0.2, -0.15) is 0 Å². The summed E-state index contributed by atoms with van der Waals surface area (Å²) in [4.78, 5) is 0.127. The number of phenols is 1. The zero-order valence-corrected chi connectivity index (χ0v) is 9.74. The smallest absolute Gasteiger partial charge is 0.263 e. The van der Waals surface area contributed by atoms with E-state index in [0.717, 1.165) is 6.42 Å². The third-order valence-corrected chi connectivity index (χ3v) is 4.35. The number of hydrogen-bond donors (Lipinski definition) is 1. The molecular formula is C11H13NO3S. The number of aryl methyl sites for hydroxylation is 1. The largest absolute Gasteiger partial charge is 0.508 e. The third-order valence-electron chi connectivity index (χ3n) is 2.58. The molecular weight excluding hydrogens is 226 g/mol. The SMILES string of the molecule is Cc1ccc(S(=O)(=O)N2C=CCC2)cc1O. The average Bonchev–Trinajstić information content (AvgIpc) is 2.75. The van der Waals surface area contributed by atoms with Gasteiger partial charge in [-0.15, -0.1) is 0 Å². The molecule has 0 aliphatic carbocycles. The van der Waals surface area contributed by atoms with E-state index in [1.165, 1.54) is 16.4 Å². The van der Waals surface area contributed by atoms with Gasteiger partial charge in [-0.3, -0.25) is 4.31 Å². The first-order valence-corrected chi connectivity index (χ1v) is 6.44. The molecule has 0 radical (unpaired) electrons. The monoisotopic (exact) mass is 239 g/mol. The summed E-state index contributed by atoms with van der Waals surface area (Å²) in [6.45, 7) is 2.19. The van der Waals surface area contributed by atoms with E-state index in [4.69, 9.17) is 0 Å². The molecule has 1 heterocycles. The van der Waals surface area contributed by atoms with E-state index in [9.17, 15) is 13.5 Å². The molecule has 16 heavy (non-hydrogen) atoms. The number of rotatable bonds is 2. The summed E-state index contributed by atoms with van der Waals surface area (Å²) in [5.74, 6) is 0.00394. The van der Waals surface area contributed by atoms with Crippen LogP contribution in [-0.2, 0) is 10.0 Å². The van der Waals surface area contributed by atoms with Crippen molar-refractivity contribution in [2.75, 3.05) is 6.54 Å². The van der Waals surface area contributed by atoms with Crippen LogP contribution in [0.15, 0.2) is 35.4 Å². The van der Waals surface area contributed by atoms with Crippen molar-refractivity contribution in [2.45, 2.75) is 18.2 Å². The maximum atomic E-state index is 12.1. The molecule has 0 fully saturated rings. The maximum Gasteiger partial charge on any atom is 0.263 e. The molecule has 0 aromatic heterocycles. The van der Waals surface area contributed by atoms with E-state index in [1.807, 2.05) is 6.08 Å². The highest BCUT2D eigenvalue weighted by Gasteiger charge is 2.23. The van der Waals surface area contributed by atoms with Crippen molar-refractivity contribution in [1.82, 2.24) is 4.31 Å². The molecule has 1 aliphatic heterocycles. The lowest BCUT2D eigenvalue weighted by Crippen LogP contribution is -2.23. The van der Waals surface area contributed by atoms with Crippen molar-refractivity contribution >= 4 is 10.0 Å². The molecule has 1 N–H and O–H groups in total. The van der Waals surface area contributed by atoms with E-state index in [2.05, 4.69) is 0 Å². The van der Waals surface area contributed by atoms with Gasteiger partial charge in [-0.25, -0.2) is 8.42 Å². The van der Waals surface area contributed by atoms with Crippen LogP contribution in [0.5, 0.6) is 5.75 Å². The number of phenolic OH excluding ortho intramolecular Hbond substituents is 1. The van der Waals surface area contributed by atoms with Crippen LogP contribution >= 0.6 is 0 Å². The van der Waals surface area contributed by atoms with Crippen LogP contribution in [0.25, 0.3) is 0 Å². The second kappa shape index (κ2) is 3.83. The number of aromatic hydroxyl groups is 1. The minimum atomic E-state index is -3.49. The Bertz CT molecular complexity index is 534. The fourth-order valence-corrected chi connectivity index (χ4v) is 2.92. The van der Waals surface area contributed by atoms with Gasteiger partial charge >= 0.3 is 0 Å². The lowest BCUT2D eigenvalue weighted by molar-refractivity contribution is 0.467. The number of benzene rings is 1. The topological polar surface area (TPSA) is 57.6 Å². The molecule has 1 aromatic carbocycles. The number of nitrogens with zero attached hydrogens (tertiary/aromatic N) is 1. The summed E-state index contributed by atoms with van der Waals surface area (Å²) in [6.07, 6.45) is 4.11. The van der Waals surface area contributed by atoms with Crippen molar-refractivity contribution < 1.29 is 13.5 Å². The van der Waals surface area contributed by atoms with Crippen molar-refractivity contribution in [1.29, 1.82) is 0 Å². The van der Waals surface area contributed by atoms with Gasteiger partial charge in [0.15, 0.2) is 0 Å². The molecule has 2 rings (SSSR count). The minimum Gasteiger partial charge on any atom is -0.508 e. The Morgan fingerprint density at radius 2 is 2.12 bits per heavy atom. The molecule has 0 bridgehead atoms. The predicted octanol–water partition coefficient (Wildman–Crippen LogP) is 1.61. The van der Waals surface area contributed by atoms with Crippen molar-refractivity contribution in [3.63, 3.8) is 0 Å². The molecule has 0 saturated carbocycles. The van der Waals surface area contributed by atoms with Crippen LogP contribution in [0.4, 0.5) is 0 Å². The summed E-state index contributed by atoms with van der Waals surface area (Å²) in [7, 11) is -3.49. The van der Waals surface area contributed by atoms with Gasteiger partial charge in [-0.05, 0) is 25.0 Å². The van der Waals surface area contributed by atoms with E-state index in [-0.39, 0.29) is 10.6 Å². The molecule has 1 aliphatic rings. The van der Waals surface area contributed by atoms with Gasteiger partial charge in [0.25, 0.3) is 10.0 Å². The van der Waals surface area contributed by atoms with Crippen molar-refractivity contribution in [2.24, 2.45) is 0 Å². The quantitative estimate of drug-likeness (QED) is 0.853. The standard InChI is InChI=1S/C11H13NO3S/c1-9-4-5-10(8-11(9)13)16(14,15)12-6-2-3-7-12/h2,4-6,8,13H,3,7H2,1H3. The Hall–Kier alpha value is -1.49. The molecule has 86 valence electrons. The summed E-state index contributed by atoms with van der Waals surface area (Å²) in [5, 5.41) is 9.51. The van der Waals surface area contributed by atoms with E-state index >= 15 is 0 Å². The fourth-order valence-electron chi connectivity index (χ4n) is 1.55. The Morgan fingerprint density at radius 1 is 1.38 bits per heavy atom. The number of sulfonamides is 1. The summed E-state index contributed by atoms with van der Waals surface area (Å²) in [5.41, 5.74) is 0.663. The van der Waals surface area contributed by atoms with Crippen LogP contribution in [0.2, 0.25) is 0 Å². The van der Waals surface area contributed by atoms with Crippen molar-refractivity contribution in [3.8, 4) is 5.75 Å². The second-order valence-electron chi connectivity index (χ2n) is 3.74. The van der Waals surface area contributed by atoms with Crippen LogP contribution in [0.3, 0.4) is 0 Å². The highest BCUT2D eigenvalue weighted by molar-refractivity contribution is 7.89. The first kappa shape index (κ1) is 11.0. The van der Waals surface area contributed by atoms with Crippen LogP contribution in [-0.4, -0.2) is 24.4 Å². The zero-order chi connectivity index (χ0) is 11.8. The lowest BCUT2D eigenvalue weighted by atomic mass is 10.2. The predicted molar refractivity (Wildman–Crippen MR) is 60.5 cm³/mol. The molecule has 0 spiro atoms. The Balaban J connectivity index is 2.43. The average molecular weight is 239 g/mol. The molecule has 0 unspecified atom stereocenters. The molecule has 1 aromatic rings. The van der Waals surface area contributed by atoms with E-state index < -0.39 is 10.0 Å². The zero-order valence-electron chi connectivity index (χ0n) is 8.92. The van der Waals surface area contributed by atoms with E-state index in [0.29, 0.717) is 12.1 Å². The highest BCUT2D eigenvalue weighted by Crippen LogP contribution is 2.25. The first-order chi connectivity index (χ1) is 7.51. The number of hydrogen-bond acceptors (Lipinski definition) is 3. The molecule has 0 atom stereocenters. The third kappa shape index (κ3) is 1.78. The van der Waals surface area contributed by atoms with Crippen LogP contribution in [0.1, 0.15) is 12.0 Å². The Labute approximate surface area is 94.9 Å².